The quantitative estimate of drug-likeness (QED) is 0.873. The fourth-order valence-corrected chi connectivity index (χ4v) is 1.60. The number of benzene rings is 1. The van der Waals surface area contributed by atoms with E-state index >= 15 is 0 Å². The van der Waals surface area contributed by atoms with Gasteiger partial charge in [0, 0.05) is 0 Å². The highest BCUT2D eigenvalue weighted by molar-refractivity contribution is 6.33. The maximum Gasteiger partial charge on any atom is 0.241 e. The van der Waals surface area contributed by atoms with Gasteiger partial charge in [-0.1, -0.05) is 25.4 Å². The van der Waals surface area contributed by atoms with Gasteiger partial charge in [0.05, 0.1) is 16.8 Å². The van der Waals surface area contributed by atoms with E-state index in [1.807, 2.05) is 13.8 Å². The number of amides is 1. The van der Waals surface area contributed by atoms with Gasteiger partial charge in [0.15, 0.2) is 0 Å². The topological polar surface area (TPSA) is 55.1 Å². The molecule has 0 saturated carbocycles. The molecule has 3 N–H and O–H groups in total. The standard InChI is InChI=1S/C12H16ClFN2O/c1-7(2)5-10(15)12(17)16-11-6-8(14)3-4-9(11)13/h3-4,6-7,10H,5,15H2,1-2H3,(H,16,17)/t10-/m1/s1. The van der Waals surface area contributed by atoms with Gasteiger partial charge in [-0.05, 0) is 30.5 Å². The Morgan fingerprint density at radius 2 is 2.18 bits per heavy atom. The second kappa shape index (κ2) is 5.98. The molecule has 1 aromatic carbocycles. The molecule has 0 aliphatic carbocycles. The highest BCUT2D eigenvalue weighted by Crippen LogP contribution is 2.22. The minimum Gasteiger partial charge on any atom is -0.323 e. The zero-order valence-corrected chi connectivity index (χ0v) is 10.6. The Balaban J connectivity index is 2.70. The number of hydrogen-bond donors (Lipinski definition) is 2. The number of anilines is 1. The Bertz CT molecular complexity index is 409. The summed E-state index contributed by atoms with van der Waals surface area (Å²) in [4.78, 5) is 11.7. The Morgan fingerprint density at radius 1 is 1.53 bits per heavy atom. The minimum absolute atomic E-state index is 0.246. The normalized spacial score (nSPS) is 12.6. The van der Waals surface area contributed by atoms with Gasteiger partial charge < -0.3 is 11.1 Å². The molecule has 0 aliphatic heterocycles. The predicted molar refractivity (Wildman–Crippen MR) is 67.5 cm³/mol. The molecule has 1 amide bonds. The maximum absolute atomic E-state index is 13.0. The van der Waals surface area contributed by atoms with Gasteiger partial charge in [0.1, 0.15) is 5.82 Å². The summed E-state index contributed by atoms with van der Waals surface area (Å²) < 4.78 is 13.0. The van der Waals surface area contributed by atoms with Crippen LogP contribution >= 0.6 is 11.6 Å². The van der Waals surface area contributed by atoms with E-state index in [-0.39, 0.29) is 16.6 Å². The lowest BCUT2D eigenvalue weighted by Crippen LogP contribution is -2.36. The Kier molecular flexibility index (Phi) is 4.90. The predicted octanol–water partition coefficient (Wildman–Crippen LogP) is 2.79. The number of carbonyl (C=O) groups is 1. The SMILES string of the molecule is CC(C)C[C@@H](N)C(=O)Nc1cc(F)ccc1Cl. The van der Waals surface area contributed by atoms with Crippen LogP contribution in [0.15, 0.2) is 18.2 Å². The van der Waals surface area contributed by atoms with E-state index in [0.29, 0.717) is 12.3 Å². The number of carbonyl (C=O) groups excluding carboxylic acids is 1. The number of nitrogens with two attached hydrogens (primary N) is 1. The average Bonchev–Trinajstić information content (AvgIpc) is 2.22. The number of halogens is 2. The summed E-state index contributed by atoms with van der Waals surface area (Å²) in [6.07, 6.45) is 0.568. The van der Waals surface area contributed by atoms with Gasteiger partial charge >= 0.3 is 0 Å². The molecule has 94 valence electrons. The molecular weight excluding hydrogens is 243 g/mol. The molecule has 0 aliphatic rings. The van der Waals surface area contributed by atoms with Gasteiger partial charge in [-0.15, -0.1) is 0 Å². The molecule has 0 unspecified atom stereocenters. The lowest BCUT2D eigenvalue weighted by Gasteiger charge is -2.14. The first-order chi connectivity index (χ1) is 7.90. The maximum atomic E-state index is 13.0. The van der Waals surface area contributed by atoms with Gasteiger partial charge in [0.2, 0.25) is 5.91 Å². The highest BCUT2D eigenvalue weighted by atomic mass is 35.5. The summed E-state index contributed by atoms with van der Waals surface area (Å²) >= 11 is 5.83. The first-order valence-corrected chi connectivity index (χ1v) is 5.79. The van der Waals surface area contributed by atoms with Crippen LogP contribution in [-0.2, 0) is 4.79 Å². The molecule has 1 rings (SSSR count). The van der Waals surface area contributed by atoms with Crippen molar-refractivity contribution in [3.05, 3.63) is 29.0 Å². The molecule has 0 bridgehead atoms. The van der Waals surface area contributed by atoms with Crippen molar-refractivity contribution in [3.8, 4) is 0 Å². The number of hydrogen-bond acceptors (Lipinski definition) is 2. The lowest BCUT2D eigenvalue weighted by atomic mass is 10.0. The molecule has 3 nitrogen and oxygen atoms in total. The first kappa shape index (κ1) is 13.9. The average molecular weight is 259 g/mol. The van der Waals surface area contributed by atoms with E-state index in [0.717, 1.165) is 0 Å². The van der Waals surface area contributed by atoms with Crippen molar-refractivity contribution in [2.75, 3.05) is 5.32 Å². The summed E-state index contributed by atoms with van der Waals surface area (Å²) in [6, 6.07) is 3.17. The van der Waals surface area contributed by atoms with Crippen LogP contribution in [0, 0.1) is 11.7 Å². The largest absolute Gasteiger partial charge is 0.323 e. The molecule has 0 saturated heterocycles. The molecule has 17 heavy (non-hydrogen) atoms. The lowest BCUT2D eigenvalue weighted by molar-refractivity contribution is -0.117. The smallest absolute Gasteiger partial charge is 0.241 e. The zero-order valence-electron chi connectivity index (χ0n) is 9.84. The van der Waals surface area contributed by atoms with Gasteiger partial charge in [-0.25, -0.2) is 4.39 Å². The Labute approximate surface area is 105 Å². The van der Waals surface area contributed by atoms with Crippen molar-refractivity contribution in [2.24, 2.45) is 11.7 Å². The molecule has 0 aromatic heterocycles. The summed E-state index contributed by atoms with van der Waals surface area (Å²) in [5, 5.41) is 2.81. The van der Waals surface area contributed by atoms with Crippen molar-refractivity contribution in [3.63, 3.8) is 0 Å². The van der Waals surface area contributed by atoms with Crippen molar-refractivity contribution in [2.45, 2.75) is 26.3 Å². The van der Waals surface area contributed by atoms with Crippen LogP contribution in [0.25, 0.3) is 0 Å². The second-order valence-corrected chi connectivity index (χ2v) is 4.76. The molecule has 0 spiro atoms. The van der Waals surface area contributed by atoms with Crippen molar-refractivity contribution < 1.29 is 9.18 Å². The van der Waals surface area contributed by atoms with Crippen LogP contribution in [0.5, 0.6) is 0 Å². The van der Waals surface area contributed by atoms with Gasteiger partial charge in [0.25, 0.3) is 0 Å². The van der Waals surface area contributed by atoms with Crippen molar-refractivity contribution in [1.82, 2.24) is 0 Å². The van der Waals surface area contributed by atoms with Crippen molar-refractivity contribution in [1.29, 1.82) is 0 Å². The van der Waals surface area contributed by atoms with Gasteiger partial charge in [-0.2, -0.15) is 0 Å². The van der Waals surface area contributed by atoms with E-state index in [1.165, 1.54) is 18.2 Å². The molecule has 0 radical (unpaired) electrons. The Hall–Kier alpha value is -1.13. The van der Waals surface area contributed by atoms with Crippen LogP contribution in [0.1, 0.15) is 20.3 Å². The fourth-order valence-electron chi connectivity index (χ4n) is 1.43. The second-order valence-electron chi connectivity index (χ2n) is 4.35. The van der Waals surface area contributed by atoms with Gasteiger partial charge in [-0.3, -0.25) is 4.79 Å². The van der Waals surface area contributed by atoms with Crippen LogP contribution in [-0.4, -0.2) is 11.9 Å². The third-order valence-electron chi connectivity index (χ3n) is 2.25. The zero-order chi connectivity index (χ0) is 13.0. The number of nitrogens with one attached hydrogen (secondary N) is 1. The van der Waals surface area contributed by atoms with E-state index in [2.05, 4.69) is 5.32 Å². The van der Waals surface area contributed by atoms with Crippen molar-refractivity contribution >= 4 is 23.2 Å². The Morgan fingerprint density at radius 3 is 2.76 bits per heavy atom. The molecule has 1 aromatic rings. The molecule has 1 atom stereocenters. The summed E-state index contributed by atoms with van der Waals surface area (Å²) in [5.41, 5.74) is 5.95. The van der Waals surface area contributed by atoms with E-state index in [1.54, 1.807) is 0 Å². The van der Waals surface area contributed by atoms with Crippen LogP contribution in [0.2, 0.25) is 5.02 Å². The first-order valence-electron chi connectivity index (χ1n) is 5.41. The molecule has 5 heteroatoms. The minimum atomic E-state index is -0.616. The molecular formula is C12H16ClFN2O. The van der Waals surface area contributed by atoms with E-state index < -0.39 is 11.9 Å². The van der Waals surface area contributed by atoms with Crippen LogP contribution < -0.4 is 11.1 Å². The van der Waals surface area contributed by atoms with E-state index in [9.17, 15) is 9.18 Å². The fraction of sp³-hybridized carbons (Fsp3) is 0.417. The summed E-state index contributed by atoms with van der Waals surface area (Å²) in [6.45, 7) is 3.95. The third-order valence-corrected chi connectivity index (χ3v) is 2.58. The monoisotopic (exact) mass is 258 g/mol. The summed E-state index contributed by atoms with van der Waals surface area (Å²) in [5.74, 6) is -0.493. The third kappa shape index (κ3) is 4.32. The number of rotatable bonds is 4. The van der Waals surface area contributed by atoms with Crippen LogP contribution in [0.3, 0.4) is 0 Å². The van der Waals surface area contributed by atoms with Crippen LogP contribution in [0.4, 0.5) is 10.1 Å². The molecule has 0 fully saturated rings. The van der Waals surface area contributed by atoms with E-state index in [4.69, 9.17) is 17.3 Å². The highest BCUT2D eigenvalue weighted by Gasteiger charge is 2.16. The summed E-state index contributed by atoms with van der Waals surface area (Å²) in [7, 11) is 0. The molecule has 0 heterocycles.